The van der Waals surface area contributed by atoms with Crippen molar-refractivity contribution in [2.75, 3.05) is 26.6 Å². The minimum absolute atomic E-state index is 0.00197. The molecule has 206 valence electrons. The van der Waals surface area contributed by atoms with Gasteiger partial charge in [0.25, 0.3) is 5.91 Å². The summed E-state index contributed by atoms with van der Waals surface area (Å²) < 4.78 is 31.2. The summed E-state index contributed by atoms with van der Waals surface area (Å²) in [4.78, 5) is 27.7. The van der Waals surface area contributed by atoms with Gasteiger partial charge in [0.1, 0.15) is 5.82 Å². The van der Waals surface area contributed by atoms with Crippen LogP contribution in [-0.4, -0.2) is 33.0 Å². The highest BCUT2D eigenvalue weighted by Gasteiger charge is 2.41. The van der Waals surface area contributed by atoms with Crippen LogP contribution in [0, 0.1) is 5.82 Å². The minimum Gasteiger partial charge on any atom is -0.493 e. The summed E-state index contributed by atoms with van der Waals surface area (Å²) in [6.45, 7) is 1.79. The maximum Gasteiger partial charge on any atom is 0.254 e. The van der Waals surface area contributed by atoms with Gasteiger partial charge in [-0.2, -0.15) is 0 Å². The van der Waals surface area contributed by atoms with E-state index in [2.05, 4.69) is 10.6 Å². The molecule has 0 unspecified atom stereocenters. The number of nitrogens with one attached hydrogen (secondary N) is 2. The van der Waals surface area contributed by atoms with Gasteiger partial charge in [-0.3, -0.25) is 9.59 Å². The molecule has 2 aliphatic rings. The molecule has 0 radical (unpaired) electrons. The van der Waals surface area contributed by atoms with Gasteiger partial charge >= 0.3 is 0 Å². The summed E-state index contributed by atoms with van der Waals surface area (Å²) in [6.07, 6.45) is 0.901. The number of Topliss-reactive ketones (excluding diaryl/α,β-unsaturated/α-hetero) is 1. The molecule has 2 atom stereocenters. The average molecular weight is 543 g/mol. The number of halogens is 1. The third-order valence-corrected chi connectivity index (χ3v) is 7.49. The van der Waals surface area contributed by atoms with Crippen LogP contribution in [0.25, 0.3) is 0 Å². The van der Waals surface area contributed by atoms with E-state index in [-0.39, 0.29) is 17.4 Å². The van der Waals surface area contributed by atoms with E-state index in [9.17, 15) is 14.0 Å². The third kappa shape index (κ3) is 4.93. The van der Waals surface area contributed by atoms with Crippen molar-refractivity contribution in [1.29, 1.82) is 0 Å². The van der Waals surface area contributed by atoms with Crippen LogP contribution in [0.15, 0.2) is 89.3 Å². The number of rotatable bonds is 7. The van der Waals surface area contributed by atoms with Crippen molar-refractivity contribution in [2.24, 2.45) is 0 Å². The number of para-hydroxylation sites is 1. The van der Waals surface area contributed by atoms with Crippen molar-refractivity contribution < 1.29 is 28.2 Å². The quantitative estimate of drug-likeness (QED) is 0.390. The van der Waals surface area contributed by atoms with Crippen LogP contribution in [0.4, 0.5) is 10.1 Å². The normalized spacial score (nSPS) is 18.6. The molecule has 1 aliphatic heterocycles. The summed E-state index contributed by atoms with van der Waals surface area (Å²) in [5.41, 5.74) is 3.91. The number of ether oxygens (including phenoxy) is 3. The van der Waals surface area contributed by atoms with Crippen LogP contribution >= 0.6 is 0 Å². The number of anilines is 1. The molecule has 8 heteroatoms. The predicted molar refractivity (Wildman–Crippen MR) is 150 cm³/mol. The second kappa shape index (κ2) is 11.3. The summed E-state index contributed by atoms with van der Waals surface area (Å²) >= 11 is 0. The number of ketones is 1. The zero-order valence-electron chi connectivity index (χ0n) is 22.8. The highest BCUT2D eigenvalue weighted by atomic mass is 19.1. The highest BCUT2D eigenvalue weighted by Crippen LogP contribution is 2.49. The van der Waals surface area contributed by atoms with E-state index in [0.717, 1.165) is 11.3 Å². The number of methoxy groups -OCH3 is 3. The van der Waals surface area contributed by atoms with Crippen molar-refractivity contribution in [3.8, 4) is 17.2 Å². The summed E-state index contributed by atoms with van der Waals surface area (Å²) in [6, 6.07) is 19.4. The van der Waals surface area contributed by atoms with Crippen LogP contribution in [0.5, 0.6) is 17.2 Å². The molecule has 1 aliphatic carbocycles. The first-order valence-corrected chi connectivity index (χ1v) is 13.0. The Kier molecular flexibility index (Phi) is 7.60. The number of hydrogen-bond acceptors (Lipinski definition) is 6. The Balaban J connectivity index is 1.65. The lowest BCUT2D eigenvalue weighted by Crippen LogP contribution is -2.37. The standard InChI is InChI=1S/C32H31FN2O5/c1-18-28(32(37)35-23-13-9-8-12-22(23)33)29(21-16-26(38-2)31(40-4)27(17-21)39-3)30-24(34-18)14-20(15-25(30)36)19-10-6-5-7-11-19/h5-13,16-17,20,29,34H,14-15H2,1-4H3,(H,35,37)/t20-,29-/m1/s1. The number of allylic oxidation sites excluding steroid dienone is 3. The summed E-state index contributed by atoms with van der Waals surface area (Å²) in [5.74, 6) is -0.689. The molecule has 0 saturated heterocycles. The second-order valence-corrected chi connectivity index (χ2v) is 9.82. The molecule has 7 nitrogen and oxygen atoms in total. The topological polar surface area (TPSA) is 85.9 Å². The molecule has 40 heavy (non-hydrogen) atoms. The molecule has 5 rings (SSSR count). The van der Waals surface area contributed by atoms with Crippen molar-refractivity contribution in [1.82, 2.24) is 5.32 Å². The molecule has 1 heterocycles. The molecular formula is C32H31FN2O5. The maximum absolute atomic E-state index is 14.5. The predicted octanol–water partition coefficient (Wildman–Crippen LogP) is 5.85. The number of benzene rings is 3. The van der Waals surface area contributed by atoms with Crippen LogP contribution in [0.2, 0.25) is 0 Å². The van der Waals surface area contributed by atoms with Gasteiger partial charge in [0.15, 0.2) is 17.3 Å². The van der Waals surface area contributed by atoms with Crippen molar-refractivity contribution in [3.05, 3.63) is 106 Å². The fourth-order valence-corrected chi connectivity index (χ4v) is 5.65. The van der Waals surface area contributed by atoms with Gasteiger partial charge in [-0.05, 0) is 54.7 Å². The second-order valence-electron chi connectivity index (χ2n) is 9.82. The van der Waals surface area contributed by atoms with Gasteiger partial charge in [0.2, 0.25) is 5.75 Å². The lowest BCUT2D eigenvalue weighted by Gasteiger charge is -2.37. The largest absolute Gasteiger partial charge is 0.493 e. The first-order valence-electron chi connectivity index (χ1n) is 13.0. The zero-order chi connectivity index (χ0) is 28.4. The molecule has 3 aromatic carbocycles. The van der Waals surface area contributed by atoms with E-state index in [0.29, 0.717) is 52.5 Å². The van der Waals surface area contributed by atoms with Gasteiger partial charge in [-0.15, -0.1) is 0 Å². The molecular weight excluding hydrogens is 511 g/mol. The Morgan fingerprint density at radius 2 is 1.55 bits per heavy atom. The van der Waals surface area contributed by atoms with Gasteiger partial charge in [-0.25, -0.2) is 4.39 Å². The van der Waals surface area contributed by atoms with Crippen molar-refractivity contribution >= 4 is 17.4 Å². The minimum atomic E-state index is -0.749. The number of carbonyl (C=O) groups excluding carboxylic acids is 2. The smallest absolute Gasteiger partial charge is 0.254 e. The Morgan fingerprint density at radius 1 is 0.900 bits per heavy atom. The third-order valence-electron chi connectivity index (χ3n) is 7.49. The Bertz CT molecular complexity index is 1500. The van der Waals surface area contributed by atoms with E-state index >= 15 is 0 Å². The van der Waals surface area contributed by atoms with E-state index in [1.165, 1.54) is 33.5 Å². The fourth-order valence-electron chi connectivity index (χ4n) is 5.65. The van der Waals surface area contributed by atoms with Crippen LogP contribution in [0.1, 0.15) is 42.7 Å². The molecule has 0 aromatic heterocycles. The van der Waals surface area contributed by atoms with Gasteiger partial charge in [-0.1, -0.05) is 42.5 Å². The van der Waals surface area contributed by atoms with Gasteiger partial charge in [0.05, 0.1) is 27.0 Å². The lowest BCUT2D eigenvalue weighted by atomic mass is 9.71. The molecule has 1 amide bonds. The first-order chi connectivity index (χ1) is 19.4. The summed E-state index contributed by atoms with van der Waals surface area (Å²) in [5, 5.41) is 6.06. The molecule has 2 N–H and O–H groups in total. The van der Waals surface area contributed by atoms with Crippen molar-refractivity contribution in [3.63, 3.8) is 0 Å². The molecule has 0 fully saturated rings. The zero-order valence-corrected chi connectivity index (χ0v) is 22.8. The highest BCUT2D eigenvalue weighted by molar-refractivity contribution is 6.10. The Hall–Kier alpha value is -4.59. The fraction of sp³-hybridized carbons (Fsp3) is 0.250. The van der Waals surface area contributed by atoms with Crippen LogP contribution in [0.3, 0.4) is 0 Å². The van der Waals surface area contributed by atoms with Gasteiger partial charge in [0, 0.05) is 34.9 Å². The molecule has 3 aromatic rings. The SMILES string of the molecule is COc1cc([C@@H]2C(C(=O)Nc3ccccc3F)=C(C)NC3=C2C(=O)C[C@H](c2ccccc2)C3)cc(OC)c1OC. The number of hydrogen-bond donors (Lipinski definition) is 2. The van der Waals surface area contributed by atoms with E-state index in [1.807, 2.05) is 30.3 Å². The van der Waals surface area contributed by atoms with Crippen molar-refractivity contribution in [2.45, 2.75) is 31.6 Å². The number of amides is 1. The monoisotopic (exact) mass is 542 g/mol. The Labute approximate surface area is 232 Å². The molecule has 0 bridgehead atoms. The van der Waals surface area contributed by atoms with Gasteiger partial charge < -0.3 is 24.8 Å². The Morgan fingerprint density at radius 3 is 2.17 bits per heavy atom. The van der Waals surface area contributed by atoms with E-state index < -0.39 is 17.6 Å². The first kappa shape index (κ1) is 27.0. The molecule has 0 spiro atoms. The van der Waals surface area contributed by atoms with Crippen LogP contribution in [-0.2, 0) is 9.59 Å². The lowest BCUT2D eigenvalue weighted by molar-refractivity contribution is -0.116. The summed E-state index contributed by atoms with van der Waals surface area (Å²) in [7, 11) is 4.53. The van der Waals surface area contributed by atoms with Crippen LogP contribution < -0.4 is 24.8 Å². The average Bonchev–Trinajstić information content (AvgIpc) is 2.97. The van der Waals surface area contributed by atoms with E-state index in [1.54, 1.807) is 31.2 Å². The van der Waals surface area contributed by atoms with E-state index in [4.69, 9.17) is 14.2 Å². The number of dihydropyridines is 1. The number of carbonyl (C=O) groups is 2. The maximum atomic E-state index is 14.5. The molecule has 0 saturated carbocycles.